The van der Waals surface area contributed by atoms with E-state index in [4.69, 9.17) is 9.97 Å². The Hall–Kier alpha value is -3.28. The van der Waals surface area contributed by atoms with Crippen LogP contribution in [0.3, 0.4) is 0 Å². The number of aryl methyl sites for hydroxylation is 4. The van der Waals surface area contributed by atoms with E-state index in [1.165, 1.54) is 0 Å². The molecule has 6 nitrogen and oxygen atoms in total. The Morgan fingerprint density at radius 3 is 2.72 bits per heavy atom. The average Bonchev–Trinajstić information content (AvgIpc) is 3.34. The molecule has 0 aliphatic carbocycles. The number of fused-ring (bicyclic) bond motifs is 2. The number of imidazole rings is 1. The maximum Gasteiger partial charge on any atom is 0.163 e. The van der Waals surface area contributed by atoms with Crippen molar-refractivity contribution >= 4 is 22.9 Å². The Kier molecular flexibility index (Phi) is 5.01. The molecule has 0 unspecified atom stereocenters. The summed E-state index contributed by atoms with van der Waals surface area (Å²) in [6.07, 6.45) is 12.5. The Labute approximate surface area is 170 Å². The van der Waals surface area contributed by atoms with Gasteiger partial charge in [-0.25, -0.2) is 14.5 Å². The summed E-state index contributed by atoms with van der Waals surface area (Å²) in [5.41, 5.74) is 8.15. The molecule has 0 aliphatic rings. The summed E-state index contributed by atoms with van der Waals surface area (Å²) in [7, 11) is 0. The molecule has 0 saturated heterocycles. The maximum atomic E-state index is 4.83. The number of allylic oxidation sites excluding steroid dienone is 2. The number of pyridine rings is 1. The molecule has 0 aromatic carbocycles. The van der Waals surface area contributed by atoms with E-state index in [1.807, 2.05) is 43.8 Å². The zero-order valence-electron chi connectivity index (χ0n) is 17.5. The van der Waals surface area contributed by atoms with Crippen LogP contribution in [0.1, 0.15) is 54.3 Å². The van der Waals surface area contributed by atoms with E-state index in [2.05, 4.69) is 46.3 Å². The van der Waals surface area contributed by atoms with Gasteiger partial charge >= 0.3 is 0 Å². The molecule has 0 aliphatic heterocycles. The number of rotatable bonds is 6. The normalized spacial score (nSPS) is 11.9. The predicted octanol–water partition coefficient (Wildman–Crippen LogP) is 4.63. The molecule has 0 N–H and O–H groups in total. The summed E-state index contributed by atoms with van der Waals surface area (Å²) >= 11 is 0. The van der Waals surface area contributed by atoms with Crippen LogP contribution in [0.2, 0.25) is 0 Å². The van der Waals surface area contributed by atoms with Gasteiger partial charge < -0.3 is 4.40 Å². The molecule has 4 heterocycles. The molecule has 4 aromatic heterocycles. The standard InChI is InChI=1S/C23H26N6/c1-6-8-20-19(15(3)7-2)11-12-29-23(20)26-21(27-29)10-9-18-14-28-16(4)13-24-17(5)22(28)25-18/h6,8,11-14H,3,7,9-10H2,1-2,4-5H3. The number of nitrogens with zero attached hydrogens (tertiary/aromatic N) is 6. The van der Waals surface area contributed by atoms with Crippen molar-refractivity contribution in [2.24, 2.45) is 0 Å². The first-order valence-electron chi connectivity index (χ1n) is 10.0. The van der Waals surface area contributed by atoms with Crippen LogP contribution in [-0.2, 0) is 12.8 Å². The van der Waals surface area contributed by atoms with Gasteiger partial charge in [-0.05, 0) is 50.8 Å². The van der Waals surface area contributed by atoms with Crippen molar-refractivity contribution in [1.29, 1.82) is 0 Å². The molecule has 0 atom stereocenters. The molecule has 4 aromatic rings. The Balaban J connectivity index is 1.65. The Bertz CT molecular complexity index is 1200. The highest BCUT2D eigenvalue weighted by Crippen LogP contribution is 2.25. The quantitative estimate of drug-likeness (QED) is 0.485. The Morgan fingerprint density at radius 1 is 1.17 bits per heavy atom. The second-order valence-corrected chi connectivity index (χ2v) is 7.31. The van der Waals surface area contributed by atoms with E-state index in [0.29, 0.717) is 0 Å². The van der Waals surface area contributed by atoms with Crippen LogP contribution in [0.5, 0.6) is 0 Å². The lowest BCUT2D eigenvalue weighted by molar-refractivity contribution is 0.824. The Morgan fingerprint density at radius 2 is 2.00 bits per heavy atom. The van der Waals surface area contributed by atoms with Gasteiger partial charge in [0, 0.05) is 36.3 Å². The minimum absolute atomic E-state index is 0.733. The van der Waals surface area contributed by atoms with Gasteiger partial charge in [-0.15, -0.1) is 0 Å². The van der Waals surface area contributed by atoms with Crippen LogP contribution in [0.4, 0.5) is 0 Å². The molecule has 0 amide bonds. The van der Waals surface area contributed by atoms with Crippen LogP contribution in [0.15, 0.2) is 37.3 Å². The first kappa shape index (κ1) is 19.1. The van der Waals surface area contributed by atoms with Gasteiger partial charge in [0.2, 0.25) is 0 Å². The third-order valence-electron chi connectivity index (χ3n) is 5.24. The number of hydrogen-bond acceptors (Lipinski definition) is 4. The smallest absolute Gasteiger partial charge is 0.163 e. The van der Waals surface area contributed by atoms with Gasteiger partial charge in [-0.3, -0.25) is 4.98 Å². The van der Waals surface area contributed by atoms with Crippen LogP contribution in [-0.4, -0.2) is 29.0 Å². The first-order chi connectivity index (χ1) is 14.0. The molecule has 29 heavy (non-hydrogen) atoms. The minimum atomic E-state index is 0.733. The fraction of sp³-hybridized carbons (Fsp3) is 0.304. The maximum absolute atomic E-state index is 4.83. The minimum Gasteiger partial charge on any atom is -0.301 e. The summed E-state index contributed by atoms with van der Waals surface area (Å²) in [6.45, 7) is 12.4. The number of hydrogen-bond donors (Lipinski definition) is 0. The highest BCUT2D eigenvalue weighted by molar-refractivity contribution is 5.79. The van der Waals surface area contributed by atoms with Crippen LogP contribution >= 0.6 is 0 Å². The van der Waals surface area contributed by atoms with Crippen molar-refractivity contribution in [2.45, 2.75) is 47.0 Å². The molecule has 4 rings (SSSR count). The predicted molar refractivity (Wildman–Crippen MR) is 117 cm³/mol. The van der Waals surface area contributed by atoms with Crippen molar-refractivity contribution in [1.82, 2.24) is 29.0 Å². The molecule has 0 radical (unpaired) electrons. The van der Waals surface area contributed by atoms with Crippen molar-refractivity contribution in [3.8, 4) is 0 Å². The summed E-state index contributed by atoms with van der Waals surface area (Å²) in [4.78, 5) is 14.0. The van der Waals surface area contributed by atoms with Crippen LogP contribution < -0.4 is 0 Å². The monoisotopic (exact) mass is 386 g/mol. The van der Waals surface area contributed by atoms with Gasteiger partial charge in [-0.2, -0.15) is 5.10 Å². The third-order valence-corrected chi connectivity index (χ3v) is 5.24. The van der Waals surface area contributed by atoms with Gasteiger partial charge in [0.25, 0.3) is 0 Å². The van der Waals surface area contributed by atoms with E-state index in [9.17, 15) is 0 Å². The average molecular weight is 387 g/mol. The topological polar surface area (TPSA) is 60.4 Å². The van der Waals surface area contributed by atoms with E-state index in [-0.39, 0.29) is 0 Å². The van der Waals surface area contributed by atoms with Gasteiger partial charge in [0.15, 0.2) is 17.1 Å². The lowest BCUT2D eigenvalue weighted by Gasteiger charge is -2.08. The van der Waals surface area contributed by atoms with Crippen LogP contribution in [0, 0.1) is 13.8 Å². The molecule has 0 spiro atoms. The van der Waals surface area contributed by atoms with E-state index >= 15 is 0 Å². The summed E-state index contributed by atoms with van der Waals surface area (Å²) in [5, 5.41) is 4.68. The molecule has 0 saturated carbocycles. The van der Waals surface area contributed by atoms with Crippen molar-refractivity contribution in [2.75, 3.05) is 0 Å². The van der Waals surface area contributed by atoms with Gasteiger partial charge in [0.05, 0.1) is 11.4 Å². The lowest BCUT2D eigenvalue weighted by Crippen LogP contribution is -1.95. The van der Waals surface area contributed by atoms with E-state index in [1.54, 1.807) is 0 Å². The highest BCUT2D eigenvalue weighted by atomic mass is 15.3. The summed E-state index contributed by atoms with van der Waals surface area (Å²) in [5.74, 6) is 0.818. The zero-order valence-corrected chi connectivity index (χ0v) is 17.5. The second-order valence-electron chi connectivity index (χ2n) is 7.31. The van der Waals surface area contributed by atoms with Crippen molar-refractivity contribution in [3.05, 3.63) is 71.3 Å². The fourth-order valence-electron chi connectivity index (χ4n) is 3.57. The van der Waals surface area contributed by atoms with E-state index in [0.717, 1.165) is 70.2 Å². The van der Waals surface area contributed by atoms with Gasteiger partial charge in [0.1, 0.15) is 0 Å². The van der Waals surface area contributed by atoms with Crippen molar-refractivity contribution < 1.29 is 0 Å². The zero-order chi connectivity index (χ0) is 20.5. The first-order valence-corrected chi connectivity index (χ1v) is 10.0. The molecule has 0 bridgehead atoms. The largest absolute Gasteiger partial charge is 0.301 e. The molecular weight excluding hydrogens is 360 g/mol. The van der Waals surface area contributed by atoms with Crippen molar-refractivity contribution in [3.63, 3.8) is 0 Å². The fourth-order valence-corrected chi connectivity index (χ4v) is 3.57. The molecular formula is C23H26N6. The lowest BCUT2D eigenvalue weighted by atomic mass is 10.0. The SMILES string of the molecule is C=C(CC)c1ccn2nc(CCc3cn4c(C)cnc(C)c4n3)nc2c1C=CC. The molecule has 148 valence electrons. The van der Waals surface area contributed by atoms with Gasteiger partial charge in [-0.1, -0.05) is 25.7 Å². The van der Waals surface area contributed by atoms with E-state index < -0.39 is 0 Å². The second kappa shape index (κ2) is 7.62. The summed E-state index contributed by atoms with van der Waals surface area (Å²) < 4.78 is 3.96. The highest BCUT2D eigenvalue weighted by Gasteiger charge is 2.13. The molecule has 6 heteroatoms. The third kappa shape index (κ3) is 3.46. The summed E-state index contributed by atoms with van der Waals surface area (Å²) in [6, 6.07) is 2.08. The molecule has 0 fully saturated rings. The van der Waals surface area contributed by atoms with Crippen LogP contribution in [0.25, 0.3) is 22.9 Å². The number of aromatic nitrogens is 6.